The molecule has 0 radical (unpaired) electrons. The Hall–Kier alpha value is -2.13. The lowest BCUT2D eigenvalue weighted by Gasteiger charge is -2.32. The number of hydrogen-bond acceptors (Lipinski definition) is 3. The van der Waals surface area contributed by atoms with E-state index in [1.165, 1.54) is 16.7 Å². The Bertz CT molecular complexity index is 948. The third-order valence-electron chi connectivity index (χ3n) is 6.29. The normalized spacial score (nSPS) is 20.1. The zero-order valence-corrected chi connectivity index (χ0v) is 21.9. The van der Waals surface area contributed by atoms with Gasteiger partial charge in [-0.2, -0.15) is 0 Å². The van der Waals surface area contributed by atoms with Crippen LogP contribution in [0.4, 0.5) is 5.69 Å². The molecule has 2 aliphatic heterocycles. The minimum absolute atomic E-state index is 0. The number of rotatable bonds is 6. The lowest BCUT2D eigenvalue weighted by atomic mass is 9.89. The fourth-order valence-electron chi connectivity index (χ4n) is 4.58. The molecule has 2 atom stereocenters. The van der Waals surface area contributed by atoms with Gasteiger partial charge in [0.05, 0.1) is 6.10 Å². The highest BCUT2D eigenvalue weighted by Gasteiger charge is 2.28. The van der Waals surface area contributed by atoms with Crippen LogP contribution in [0.15, 0.2) is 53.5 Å². The minimum Gasteiger partial charge on any atom is -0.373 e. The quantitative estimate of drug-likeness (QED) is 0.315. The van der Waals surface area contributed by atoms with Crippen molar-refractivity contribution < 1.29 is 9.53 Å². The van der Waals surface area contributed by atoms with Crippen molar-refractivity contribution in [2.75, 3.05) is 37.7 Å². The highest BCUT2D eigenvalue weighted by atomic mass is 127. The number of amides is 1. The van der Waals surface area contributed by atoms with E-state index < -0.39 is 0 Å². The molecule has 1 fully saturated rings. The molecule has 2 unspecified atom stereocenters. The van der Waals surface area contributed by atoms with Crippen LogP contribution in [0.5, 0.6) is 0 Å². The first-order valence-electron chi connectivity index (χ1n) is 11.7. The van der Waals surface area contributed by atoms with Crippen molar-refractivity contribution >= 4 is 41.5 Å². The number of anilines is 1. The molecule has 0 saturated carbocycles. The van der Waals surface area contributed by atoms with E-state index in [9.17, 15) is 4.79 Å². The maximum atomic E-state index is 12.8. The summed E-state index contributed by atoms with van der Waals surface area (Å²) < 4.78 is 6.15. The van der Waals surface area contributed by atoms with E-state index in [1.54, 1.807) is 0 Å². The molecule has 2 heterocycles. The molecule has 6 nitrogen and oxygen atoms in total. The Morgan fingerprint density at radius 1 is 1.15 bits per heavy atom. The predicted molar refractivity (Wildman–Crippen MR) is 144 cm³/mol. The molecule has 4 rings (SSSR count). The van der Waals surface area contributed by atoms with E-state index in [4.69, 9.17) is 4.74 Å². The Balaban J connectivity index is 0.00000306. The molecule has 0 bridgehead atoms. The van der Waals surface area contributed by atoms with E-state index in [0.717, 1.165) is 51.2 Å². The lowest BCUT2D eigenvalue weighted by molar-refractivity contribution is -0.117. The van der Waals surface area contributed by atoms with Crippen LogP contribution >= 0.6 is 24.0 Å². The molecule has 2 N–H and O–H groups in total. The fourth-order valence-corrected chi connectivity index (χ4v) is 4.58. The predicted octanol–water partition coefficient (Wildman–Crippen LogP) is 4.23. The van der Waals surface area contributed by atoms with Gasteiger partial charge in [-0.15, -0.1) is 24.0 Å². The molecule has 33 heavy (non-hydrogen) atoms. The third-order valence-corrected chi connectivity index (χ3v) is 6.29. The first-order valence-corrected chi connectivity index (χ1v) is 11.7. The molecule has 7 heteroatoms. The van der Waals surface area contributed by atoms with Gasteiger partial charge in [-0.3, -0.25) is 4.79 Å². The van der Waals surface area contributed by atoms with E-state index in [-0.39, 0.29) is 42.5 Å². The summed E-state index contributed by atoms with van der Waals surface area (Å²) in [7, 11) is 0. The highest BCUT2D eigenvalue weighted by molar-refractivity contribution is 14.0. The number of aliphatic imine (C=N–C) groups is 1. The van der Waals surface area contributed by atoms with Crippen LogP contribution in [0.1, 0.15) is 42.6 Å². The summed E-state index contributed by atoms with van der Waals surface area (Å²) >= 11 is 0. The molecule has 2 aromatic carbocycles. The van der Waals surface area contributed by atoms with E-state index >= 15 is 0 Å². The second-order valence-electron chi connectivity index (χ2n) is 8.60. The highest BCUT2D eigenvalue weighted by Crippen LogP contribution is 2.33. The summed E-state index contributed by atoms with van der Waals surface area (Å²) in [6.07, 6.45) is 3.16. The van der Waals surface area contributed by atoms with Crippen molar-refractivity contribution in [1.82, 2.24) is 10.6 Å². The number of aryl methyl sites for hydroxylation is 1. The van der Waals surface area contributed by atoms with Crippen molar-refractivity contribution in [3.8, 4) is 0 Å². The number of carbonyl (C=O) groups excluding carboxylic acids is 1. The maximum Gasteiger partial charge on any atom is 0.248 e. The number of ether oxygens (including phenoxy) is 1. The van der Waals surface area contributed by atoms with Crippen molar-refractivity contribution in [3.63, 3.8) is 0 Å². The number of para-hydroxylation sites is 1. The van der Waals surface area contributed by atoms with Gasteiger partial charge >= 0.3 is 0 Å². The molecule has 178 valence electrons. The Morgan fingerprint density at radius 3 is 2.73 bits per heavy atom. The minimum atomic E-state index is 0. The number of carbonyl (C=O) groups is 1. The van der Waals surface area contributed by atoms with Crippen LogP contribution in [0.3, 0.4) is 0 Å². The topological polar surface area (TPSA) is 66.0 Å². The van der Waals surface area contributed by atoms with E-state index in [2.05, 4.69) is 52.9 Å². The van der Waals surface area contributed by atoms with E-state index in [0.29, 0.717) is 11.9 Å². The maximum absolute atomic E-state index is 12.8. The van der Waals surface area contributed by atoms with E-state index in [1.807, 2.05) is 30.0 Å². The summed E-state index contributed by atoms with van der Waals surface area (Å²) in [6, 6.07) is 16.7. The van der Waals surface area contributed by atoms with Crippen molar-refractivity contribution in [2.24, 2.45) is 10.9 Å². The molecule has 2 aliphatic rings. The standard InChI is InChI=1S/C26H34N4O2.HI/c1-3-27-26(29-18-24(31)30-15-14-20-7-4-5-9-23(20)30)28-17-22-8-6-16-32-25(22)21-12-10-19(2)11-13-21;/h4-5,7,9-13,22,25H,3,6,8,14-18H2,1-2H3,(H2,27,28,29);1H. The molecule has 2 aromatic rings. The summed E-state index contributed by atoms with van der Waals surface area (Å²) in [5, 5.41) is 6.73. The summed E-state index contributed by atoms with van der Waals surface area (Å²) in [6.45, 7) is 7.30. The smallest absolute Gasteiger partial charge is 0.248 e. The van der Waals surface area contributed by atoms with Gasteiger partial charge in [0.2, 0.25) is 5.91 Å². The number of halogens is 1. The van der Waals surface area contributed by atoms with Gasteiger partial charge in [-0.25, -0.2) is 4.99 Å². The molecular weight excluding hydrogens is 527 g/mol. The average molecular weight is 562 g/mol. The molecule has 0 aromatic heterocycles. The largest absolute Gasteiger partial charge is 0.373 e. The van der Waals surface area contributed by atoms with Crippen LogP contribution in [0, 0.1) is 12.8 Å². The van der Waals surface area contributed by atoms with Crippen molar-refractivity contribution in [2.45, 2.75) is 39.2 Å². The van der Waals surface area contributed by atoms with Crippen LogP contribution < -0.4 is 15.5 Å². The lowest BCUT2D eigenvalue weighted by Crippen LogP contribution is -2.42. The monoisotopic (exact) mass is 562 g/mol. The number of nitrogens with zero attached hydrogens (tertiary/aromatic N) is 2. The van der Waals surface area contributed by atoms with Gasteiger partial charge in [-0.05, 0) is 50.3 Å². The van der Waals surface area contributed by atoms with Gasteiger partial charge in [-0.1, -0.05) is 48.0 Å². The zero-order valence-electron chi connectivity index (χ0n) is 19.5. The SMILES string of the molecule is CCNC(=NCC(=O)N1CCc2ccccc21)NCC1CCCOC1c1ccc(C)cc1.I. The number of guanidine groups is 1. The van der Waals surface area contributed by atoms with Crippen LogP contribution in [0.2, 0.25) is 0 Å². The van der Waals surface area contributed by atoms with Crippen LogP contribution in [-0.2, 0) is 16.0 Å². The number of fused-ring (bicyclic) bond motifs is 1. The van der Waals surface area contributed by atoms with Crippen molar-refractivity contribution in [1.29, 1.82) is 0 Å². The van der Waals surface area contributed by atoms with Gasteiger partial charge in [0, 0.05) is 37.8 Å². The number of nitrogens with one attached hydrogen (secondary N) is 2. The second kappa shape index (κ2) is 12.4. The van der Waals surface area contributed by atoms with Gasteiger partial charge in [0.25, 0.3) is 0 Å². The number of benzene rings is 2. The number of hydrogen-bond donors (Lipinski definition) is 2. The Labute approximate surface area is 214 Å². The molecule has 1 saturated heterocycles. The van der Waals surface area contributed by atoms with Crippen molar-refractivity contribution in [3.05, 3.63) is 65.2 Å². The average Bonchev–Trinajstić information content (AvgIpc) is 3.26. The summed E-state index contributed by atoms with van der Waals surface area (Å²) in [5.41, 5.74) is 4.73. The first kappa shape index (κ1) is 25.5. The first-order chi connectivity index (χ1) is 15.7. The Kier molecular flexibility index (Phi) is 9.55. The zero-order chi connectivity index (χ0) is 22.3. The fraction of sp³-hybridized carbons (Fsp3) is 0.462. The summed E-state index contributed by atoms with van der Waals surface area (Å²) in [4.78, 5) is 19.3. The van der Waals surface area contributed by atoms with Crippen LogP contribution in [-0.4, -0.2) is 44.7 Å². The Morgan fingerprint density at radius 2 is 1.94 bits per heavy atom. The van der Waals surface area contributed by atoms with Crippen LogP contribution in [0.25, 0.3) is 0 Å². The third kappa shape index (κ3) is 6.47. The second-order valence-corrected chi connectivity index (χ2v) is 8.60. The van der Waals surface area contributed by atoms with Gasteiger partial charge in [0.1, 0.15) is 6.54 Å². The molecule has 0 aliphatic carbocycles. The molecule has 0 spiro atoms. The molecular formula is C26H35IN4O2. The van der Waals surface area contributed by atoms with Gasteiger partial charge < -0.3 is 20.3 Å². The summed E-state index contributed by atoms with van der Waals surface area (Å²) in [5.74, 6) is 1.07. The molecule has 1 amide bonds. The van der Waals surface area contributed by atoms with Gasteiger partial charge in [0.15, 0.2) is 5.96 Å².